The topological polar surface area (TPSA) is 92.7 Å². The van der Waals surface area contributed by atoms with Gasteiger partial charge in [0.05, 0.1) is 0 Å². The van der Waals surface area contributed by atoms with Crippen LogP contribution in [0.25, 0.3) is 0 Å². The van der Waals surface area contributed by atoms with Crippen LogP contribution in [0, 0.1) is 0 Å². The van der Waals surface area contributed by atoms with Gasteiger partial charge in [0.1, 0.15) is 6.04 Å². The predicted octanol–water partition coefficient (Wildman–Crippen LogP) is 0.787. The zero-order valence-corrected chi connectivity index (χ0v) is 10.3. The highest BCUT2D eigenvalue weighted by Crippen LogP contribution is 2.22. The number of amides is 1. The predicted molar refractivity (Wildman–Crippen MR) is 58.8 cm³/mol. The molecule has 0 rings (SSSR count). The molecule has 0 aliphatic heterocycles. The maximum absolute atomic E-state index is 11.3. The van der Waals surface area contributed by atoms with Crippen molar-refractivity contribution < 1.29 is 24.0 Å². The Labute approximate surface area is 95.1 Å². The Balaban J connectivity index is 3.97. The lowest BCUT2D eigenvalue weighted by atomic mass is 10.2. The van der Waals surface area contributed by atoms with Gasteiger partial charge in [-0.15, -0.1) is 0 Å². The van der Waals surface area contributed by atoms with E-state index in [0.29, 0.717) is 6.61 Å². The first-order valence-electron chi connectivity index (χ1n) is 4.97. The molecule has 0 saturated heterocycles. The van der Waals surface area contributed by atoms with E-state index in [-0.39, 0.29) is 18.9 Å². The average molecular weight is 250 g/mol. The minimum atomic E-state index is -1.56. The van der Waals surface area contributed by atoms with Crippen molar-refractivity contribution in [2.75, 3.05) is 19.1 Å². The van der Waals surface area contributed by atoms with E-state index in [4.69, 9.17) is 9.84 Å². The lowest BCUT2D eigenvalue weighted by Crippen LogP contribution is -2.39. The molecule has 0 spiro atoms. The number of hydrogen-bond acceptors (Lipinski definition) is 4. The standard InChI is InChI=1S/C9H16NO5P/c1-3-15-6-16(14)5-4-8(9(12)13)10-7(2)11/h8H,3-6H2,1-2H3,(H-,10,11,12,13)/p+1/t8-/m0/s1. The minimum absolute atomic E-state index is 0.137. The summed E-state index contributed by atoms with van der Waals surface area (Å²) in [4.78, 5) is 21.4. The normalized spacial score (nSPS) is 13.0. The van der Waals surface area contributed by atoms with Crippen LogP contribution >= 0.6 is 7.80 Å². The molecule has 0 heterocycles. The molecule has 0 aromatic rings. The SMILES string of the molecule is CCOC[P+](=O)CC[C@H](NC(C)=O)C(=O)O. The molecule has 0 aromatic carbocycles. The Hall–Kier alpha value is -1.00. The fraction of sp³-hybridized carbons (Fsp3) is 0.778. The van der Waals surface area contributed by atoms with Crippen molar-refractivity contribution in [1.29, 1.82) is 0 Å². The van der Waals surface area contributed by atoms with Gasteiger partial charge in [0.25, 0.3) is 0 Å². The van der Waals surface area contributed by atoms with Crippen LogP contribution in [-0.2, 0) is 18.9 Å². The van der Waals surface area contributed by atoms with Gasteiger partial charge in [-0.05, 0) is 6.92 Å². The number of carbonyl (C=O) groups is 2. The molecule has 16 heavy (non-hydrogen) atoms. The van der Waals surface area contributed by atoms with E-state index in [2.05, 4.69) is 5.32 Å². The third-order valence-electron chi connectivity index (χ3n) is 1.78. The Morgan fingerprint density at radius 2 is 2.12 bits per heavy atom. The quantitative estimate of drug-likeness (QED) is 0.621. The molecular weight excluding hydrogens is 233 g/mol. The van der Waals surface area contributed by atoms with Crippen LogP contribution in [0.15, 0.2) is 0 Å². The number of hydrogen-bond donors (Lipinski definition) is 2. The van der Waals surface area contributed by atoms with E-state index in [1.165, 1.54) is 6.92 Å². The van der Waals surface area contributed by atoms with Crippen LogP contribution < -0.4 is 5.32 Å². The molecule has 0 aliphatic rings. The number of carboxylic acid groups (broad SMARTS) is 1. The van der Waals surface area contributed by atoms with Gasteiger partial charge in [0.2, 0.25) is 12.3 Å². The van der Waals surface area contributed by atoms with Gasteiger partial charge in [-0.2, -0.15) is 0 Å². The summed E-state index contributed by atoms with van der Waals surface area (Å²) in [7, 11) is -1.56. The molecular formula is C9H17NO5P+. The Bertz CT molecular complexity index is 269. The van der Waals surface area contributed by atoms with Crippen molar-refractivity contribution in [2.24, 2.45) is 0 Å². The third kappa shape index (κ3) is 7.31. The second-order valence-corrected chi connectivity index (χ2v) is 4.88. The van der Waals surface area contributed by atoms with Gasteiger partial charge in [-0.25, -0.2) is 4.79 Å². The van der Waals surface area contributed by atoms with Crippen molar-refractivity contribution in [3.8, 4) is 0 Å². The average Bonchev–Trinajstić information content (AvgIpc) is 2.20. The first-order valence-corrected chi connectivity index (χ1v) is 6.60. The van der Waals surface area contributed by atoms with Crippen LogP contribution in [-0.4, -0.2) is 42.1 Å². The van der Waals surface area contributed by atoms with E-state index < -0.39 is 25.7 Å². The fourth-order valence-electron chi connectivity index (χ4n) is 1.03. The summed E-state index contributed by atoms with van der Waals surface area (Å²) in [6, 6.07) is -0.974. The summed E-state index contributed by atoms with van der Waals surface area (Å²) in [5, 5.41) is 11.1. The molecule has 0 saturated carbocycles. The van der Waals surface area contributed by atoms with E-state index in [9.17, 15) is 14.2 Å². The number of ether oxygens (including phenoxy) is 1. The molecule has 2 N–H and O–H groups in total. The molecule has 0 aromatic heterocycles. The summed E-state index contributed by atoms with van der Waals surface area (Å²) in [6.45, 7) is 3.52. The van der Waals surface area contributed by atoms with Gasteiger partial charge in [-0.1, -0.05) is 4.57 Å². The van der Waals surface area contributed by atoms with Crippen LogP contribution in [0.4, 0.5) is 0 Å². The van der Waals surface area contributed by atoms with Crippen molar-refractivity contribution in [3.63, 3.8) is 0 Å². The summed E-state index contributed by atoms with van der Waals surface area (Å²) in [6.07, 6.45) is 0.516. The van der Waals surface area contributed by atoms with Gasteiger partial charge in [-0.3, -0.25) is 4.79 Å². The van der Waals surface area contributed by atoms with E-state index >= 15 is 0 Å². The fourth-order valence-corrected chi connectivity index (χ4v) is 2.09. The van der Waals surface area contributed by atoms with Gasteiger partial charge in [0, 0.05) is 20.0 Å². The first kappa shape index (κ1) is 15.0. The number of rotatable bonds is 8. The second kappa shape index (κ2) is 8.19. The van der Waals surface area contributed by atoms with Crippen molar-refractivity contribution in [1.82, 2.24) is 5.32 Å². The molecule has 0 fully saturated rings. The molecule has 2 atom stereocenters. The molecule has 7 heteroatoms. The Morgan fingerprint density at radius 1 is 1.50 bits per heavy atom. The molecule has 0 bridgehead atoms. The number of carboxylic acids is 1. The van der Waals surface area contributed by atoms with Gasteiger partial charge in [0.15, 0.2) is 6.16 Å². The molecule has 1 amide bonds. The highest BCUT2D eigenvalue weighted by molar-refractivity contribution is 7.44. The smallest absolute Gasteiger partial charge is 0.367 e. The Morgan fingerprint density at radius 3 is 2.56 bits per heavy atom. The molecule has 92 valence electrons. The zero-order valence-electron chi connectivity index (χ0n) is 9.43. The second-order valence-electron chi connectivity index (χ2n) is 3.21. The van der Waals surface area contributed by atoms with Crippen LogP contribution in [0.3, 0.4) is 0 Å². The lowest BCUT2D eigenvalue weighted by Gasteiger charge is -2.09. The van der Waals surface area contributed by atoms with E-state index in [1.807, 2.05) is 0 Å². The van der Waals surface area contributed by atoms with Crippen LogP contribution in [0.1, 0.15) is 20.3 Å². The van der Waals surface area contributed by atoms with Gasteiger partial charge < -0.3 is 15.2 Å². The van der Waals surface area contributed by atoms with E-state index in [0.717, 1.165) is 0 Å². The maximum Gasteiger partial charge on any atom is 0.367 e. The summed E-state index contributed by atoms with van der Waals surface area (Å²) in [5.74, 6) is -1.53. The maximum atomic E-state index is 11.3. The lowest BCUT2D eigenvalue weighted by molar-refractivity contribution is -0.141. The van der Waals surface area contributed by atoms with Crippen molar-refractivity contribution in [2.45, 2.75) is 26.3 Å². The largest absolute Gasteiger partial charge is 0.480 e. The van der Waals surface area contributed by atoms with Gasteiger partial charge >= 0.3 is 13.8 Å². The minimum Gasteiger partial charge on any atom is -0.480 e. The van der Waals surface area contributed by atoms with E-state index in [1.54, 1.807) is 6.92 Å². The highest BCUT2D eigenvalue weighted by Gasteiger charge is 2.24. The van der Waals surface area contributed by atoms with Crippen LogP contribution in [0.2, 0.25) is 0 Å². The van der Waals surface area contributed by atoms with Crippen molar-refractivity contribution >= 4 is 19.7 Å². The molecule has 6 nitrogen and oxygen atoms in total. The molecule has 0 radical (unpaired) electrons. The first-order chi connectivity index (χ1) is 7.47. The molecule has 0 aliphatic carbocycles. The Kier molecular flexibility index (Phi) is 7.68. The monoisotopic (exact) mass is 250 g/mol. The number of carbonyl (C=O) groups excluding carboxylic acids is 1. The third-order valence-corrected chi connectivity index (χ3v) is 3.01. The molecule has 1 unspecified atom stereocenters. The zero-order chi connectivity index (χ0) is 12.6. The summed E-state index contributed by atoms with van der Waals surface area (Å²) < 4.78 is 16.3. The van der Waals surface area contributed by atoms with Crippen LogP contribution in [0.5, 0.6) is 0 Å². The summed E-state index contributed by atoms with van der Waals surface area (Å²) in [5.41, 5.74) is 0. The summed E-state index contributed by atoms with van der Waals surface area (Å²) >= 11 is 0. The number of aliphatic carboxylic acids is 1. The van der Waals surface area contributed by atoms with Crippen molar-refractivity contribution in [3.05, 3.63) is 0 Å². The highest BCUT2D eigenvalue weighted by atomic mass is 31.1. The number of nitrogens with one attached hydrogen (secondary N) is 1.